The second-order valence-electron chi connectivity index (χ2n) is 35.1. The SMILES string of the molecule is CC(C)(C)OC(=O)N1CC=C(B2OC(C)(C)C(C)(C)O2)CC1.CC(C)(C)OC(=O)N1CC=C(c2cc(F)c(Br)cc2F)CC1.CC(C)(C)OC(=O)N1CC=C(c2cc(F)c(CCCC(=O)OCc3ccccc3)cc2F)CC1.CC(C)(C)OC(=O)N1CC=C(c2cc(F)c(CCN)cc2F)CC1.FB(F)F.Fc1cc(Br)c(F)cc1Br.[CH2-]CCC(=O)OCc1ccccc1.[K+]. The average molecular weight is 2050 g/mol. The molecule has 36 heteroatoms. The fourth-order valence-electron chi connectivity index (χ4n) is 12.3. The standard InChI is InChI=1S/C27H31F2NO4.C18H24F2N2O2.C16H28BNO4.C16H18BrF2NO2.C11H13O2.C6H2Br2F2.BF3.K/c1-27(2,3)34-26(32)30-14-12-20(13-15-30)22-17-23(28)21(16-24(22)29)10-7-11-25(31)33-18-19-8-5-4-6-9-19;1-18(2,3)24-17(23)22-8-5-12(6-9-22)14-11-15(19)13(4-7-21)10-16(14)20;1-14(2,3)20-13(19)18-10-8-12(9-11-18)17-21-15(4,5)16(6,7)22-17;1-16(2,3)22-15(21)20-6-4-10(5-7-20)11-8-14(19)12(17)9-13(11)18;1-2-6-11(12)13-9-10-7-4-3-5-8-10;7-3-1-5(9)4(8)2-6(3)10;2-1(3)4;/h4-6,8-9,12,16-17H,7,10-11,13-15,18H2,1-3H3;5,10-11H,4,6-9,21H2,1-3H3;8H,9-11H2,1-7H3;4,8-9H,5-7H2,1-3H3;3-5,7-8H,1-2,6,9H2;1-2H;;/q;;;;-1;;;+1. The monoisotopic (exact) mass is 2050 g/mol. The summed E-state index contributed by atoms with van der Waals surface area (Å²) in [6.45, 7) is 37.7. The van der Waals surface area contributed by atoms with Crippen molar-refractivity contribution in [2.75, 3.05) is 58.9 Å². The number of ether oxygens (including phenoxy) is 6. The topological polar surface area (TPSA) is 215 Å². The number of nitrogens with two attached hydrogens (primary N) is 1. The van der Waals surface area contributed by atoms with E-state index in [1.54, 1.807) is 95.2 Å². The molecule has 0 atom stereocenters. The molecule has 5 heterocycles. The number of esters is 2. The van der Waals surface area contributed by atoms with Gasteiger partial charge >= 0.3 is 102 Å². The van der Waals surface area contributed by atoms with Crippen LogP contribution >= 0.6 is 47.8 Å². The molecule has 0 aliphatic carbocycles. The van der Waals surface area contributed by atoms with E-state index in [0.29, 0.717) is 114 Å². The Morgan fingerprint density at radius 2 is 0.731 bits per heavy atom. The first-order chi connectivity index (χ1) is 60.1. The van der Waals surface area contributed by atoms with Gasteiger partial charge in [0.05, 0.1) is 24.6 Å². The van der Waals surface area contributed by atoms with Gasteiger partial charge in [-0.2, -0.15) is 6.42 Å². The molecule has 2 N–H and O–H groups in total. The van der Waals surface area contributed by atoms with Gasteiger partial charge in [-0.05, 0) is 303 Å². The molecule has 6 aromatic carbocycles. The summed E-state index contributed by atoms with van der Waals surface area (Å²) in [4.78, 5) is 77.5. The second kappa shape index (κ2) is 53.6. The minimum Gasteiger partial charge on any atom is -0.461 e. The number of hydrogen-bond acceptors (Lipinski definition) is 15. The molecule has 706 valence electrons. The van der Waals surface area contributed by atoms with Gasteiger partial charge in [0.25, 0.3) is 0 Å². The minimum atomic E-state index is -3.67. The summed E-state index contributed by atoms with van der Waals surface area (Å²) in [6.07, 6.45) is 9.80. The smallest absolute Gasteiger partial charge is 0.461 e. The first kappa shape index (κ1) is 115. The van der Waals surface area contributed by atoms with Gasteiger partial charge in [0.2, 0.25) is 0 Å². The third-order valence-electron chi connectivity index (χ3n) is 19.4. The zero-order valence-electron chi connectivity index (χ0n) is 76.8. The molecular weight excluding hydrogens is 1930 g/mol. The molecule has 0 saturated carbocycles. The number of hydrogen-bond donors (Lipinski definition) is 1. The third-order valence-corrected chi connectivity index (χ3v) is 21.2. The number of halogens is 14. The van der Waals surface area contributed by atoms with Crippen molar-refractivity contribution in [1.29, 1.82) is 0 Å². The number of carbonyl (C=O) groups is 6. The van der Waals surface area contributed by atoms with Crippen molar-refractivity contribution in [3.63, 3.8) is 0 Å². The Morgan fingerprint density at radius 3 is 1.03 bits per heavy atom. The average Bonchev–Trinajstić information content (AvgIpc) is 1.61. The Morgan fingerprint density at radius 1 is 0.438 bits per heavy atom. The summed E-state index contributed by atoms with van der Waals surface area (Å²) in [5.74, 6) is -4.44. The third kappa shape index (κ3) is 40.8. The quantitative estimate of drug-likeness (QED) is 0.0238. The summed E-state index contributed by atoms with van der Waals surface area (Å²) in [7, 11) is -3.98. The number of aryl methyl sites for hydroxylation is 1. The summed E-state index contributed by atoms with van der Waals surface area (Å²) >= 11 is 8.65. The number of benzene rings is 6. The van der Waals surface area contributed by atoms with E-state index in [1.165, 1.54) is 35.2 Å². The van der Waals surface area contributed by atoms with Crippen LogP contribution in [-0.2, 0) is 73.4 Å². The molecule has 11 rings (SSSR count). The van der Waals surface area contributed by atoms with Crippen LogP contribution in [0.3, 0.4) is 0 Å². The van der Waals surface area contributed by atoms with Crippen LogP contribution in [0.5, 0.6) is 0 Å². The Balaban J connectivity index is 0.000000334. The normalized spacial score (nSPS) is 15.1. The Labute approximate surface area is 825 Å². The van der Waals surface area contributed by atoms with Gasteiger partial charge in [-0.15, -0.1) is 0 Å². The molecule has 5 aliphatic heterocycles. The number of rotatable bonds is 16. The summed E-state index contributed by atoms with van der Waals surface area (Å²) in [5, 5.41) is 0. The molecule has 0 spiro atoms. The van der Waals surface area contributed by atoms with Crippen molar-refractivity contribution in [3.8, 4) is 0 Å². The van der Waals surface area contributed by atoms with E-state index < -0.39 is 94.8 Å². The molecule has 1 fully saturated rings. The van der Waals surface area contributed by atoms with E-state index in [-0.39, 0.29) is 162 Å². The van der Waals surface area contributed by atoms with Crippen molar-refractivity contribution in [1.82, 2.24) is 19.6 Å². The predicted octanol–water partition coefficient (Wildman–Crippen LogP) is 21.2. The maximum atomic E-state index is 14.8. The molecule has 6 aromatic rings. The van der Waals surface area contributed by atoms with Crippen molar-refractivity contribution in [3.05, 3.63) is 245 Å². The van der Waals surface area contributed by atoms with Gasteiger partial charge < -0.3 is 70.0 Å². The van der Waals surface area contributed by atoms with Crippen LogP contribution in [0, 0.1) is 53.5 Å². The molecule has 0 unspecified atom stereocenters. The van der Waals surface area contributed by atoms with E-state index >= 15 is 0 Å². The second-order valence-corrected chi connectivity index (χ2v) is 37.6. The van der Waals surface area contributed by atoms with Gasteiger partial charge in [0.1, 0.15) is 82.2 Å². The van der Waals surface area contributed by atoms with Crippen molar-refractivity contribution in [2.45, 2.75) is 222 Å². The van der Waals surface area contributed by atoms with Crippen LogP contribution in [0.1, 0.15) is 201 Å². The molecule has 4 amide bonds. The zero-order chi connectivity index (χ0) is 96.7. The molecule has 5 aliphatic rings. The molecule has 130 heavy (non-hydrogen) atoms. The van der Waals surface area contributed by atoms with E-state index in [9.17, 15) is 76.8 Å². The zero-order valence-corrected chi connectivity index (χ0v) is 84.7. The number of carbonyl (C=O) groups excluding carboxylic acids is 6. The maximum absolute atomic E-state index is 14.8. The molecule has 0 bridgehead atoms. The van der Waals surface area contributed by atoms with E-state index in [4.69, 9.17) is 43.5 Å². The van der Waals surface area contributed by atoms with Crippen LogP contribution in [0.2, 0.25) is 0 Å². The predicted molar refractivity (Wildman–Crippen MR) is 488 cm³/mol. The van der Waals surface area contributed by atoms with Crippen LogP contribution in [-0.4, -0.2) is 163 Å². The first-order valence-corrected chi connectivity index (χ1v) is 44.2. The Hall–Kier alpha value is -7.38. The summed E-state index contributed by atoms with van der Waals surface area (Å²) in [6, 6.07) is 28.2. The van der Waals surface area contributed by atoms with Gasteiger partial charge in [0.15, 0.2) is 0 Å². The van der Waals surface area contributed by atoms with Crippen LogP contribution in [0.4, 0.5) is 67.2 Å². The van der Waals surface area contributed by atoms with E-state index in [0.717, 1.165) is 41.2 Å². The first-order valence-electron chi connectivity index (χ1n) is 41.8. The van der Waals surface area contributed by atoms with Gasteiger partial charge in [-0.1, -0.05) is 85.0 Å². The Kier molecular flexibility index (Phi) is 47.4. The molecule has 0 aromatic heterocycles. The van der Waals surface area contributed by atoms with Crippen LogP contribution in [0.25, 0.3) is 16.7 Å². The number of amides is 4. The van der Waals surface area contributed by atoms with E-state index in [2.05, 4.69) is 54.7 Å². The number of nitrogens with zero attached hydrogens (tertiary/aromatic N) is 4. The summed E-state index contributed by atoms with van der Waals surface area (Å²) in [5.41, 5.74) is 8.83. The van der Waals surface area contributed by atoms with Gasteiger partial charge in [-0.25, -0.2) is 54.3 Å². The summed E-state index contributed by atoms with van der Waals surface area (Å²) < 4.78 is 183. The van der Waals surface area contributed by atoms with Crippen LogP contribution < -0.4 is 57.1 Å². The minimum absolute atomic E-state index is 0. The van der Waals surface area contributed by atoms with Gasteiger partial charge in [-0.3, -0.25) is 22.5 Å². The molecule has 1 saturated heterocycles. The molecular formula is C94H116B2Br3F11KN5O14. The maximum Gasteiger partial charge on any atom is 1.00 e. The van der Waals surface area contributed by atoms with Crippen molar-refractivity contribution < 1.29 is 166 Å². The van der Waals surface area contributed by atoms with Gasteiger partial charge in [0, 0.05) is 81.9 Å². The fraction of sp³-hybridized carbons (Fsp3) is 0.457. The molecule has 0 radical (unpaired) electrons. The molecule has 19 nitrogen and oxygen atoms in total. The van der Waals surface area contributed by atoms with Crippen molar-refractivity contribution in [2.24, 2.45) is 5.73 Å². The Bertz CT molecular complexity index is 4810. The fourth-order valence-corrected chi connectivity index (χ4v) is 13.2. The largest absolute Gasteiger partial charge is 1.00 e. The van der Waals surface area contributed by atoms with E-state index in [1.807, 2.05) is 115 Å². The van der Waals surface area contributed by atoms with Crippen molar-refractivity contribution >= 4 is 115 Å². The van der Waals surface area contributed by atoms with Crippen LogP contribution in [0.15, 0.2) is 152 Å².